The minimum Gasteiger partial charge on any atom is -0.312 e. The molecule has 0 aromatic rings. The molecule has 2 fully saturated rings. The minimum atomic E-state index is 0.717. The van der Waals surface area contributed by atoms with Crippen molar-refractivity contribution in [1.29, 1.82) is 0 Å². The summed E-state index contributed by atoms with van der Waals surface area (Å²) in [6, 6.07) is 0.717. The van der Waals surface area contributed by atoms with Crippen LogP contribution in [0.1, 0.15) is 52.9 Å². The van der Waals surface area contributed by atoms with Crippen LogP contribution < -0.4 is 5.32 Å². The number of hydrogen-bond acceptors (Lipinski definition) is 2. The molecule has 106 valence electrons. The van der Waals surface area contributed by atoms with E-state index in [0.29, 0.717) is 6.04 Å². The van der Waals surface area contributed by atoms with Crippen molar-refractivity contribution in [3.8, 4) is 0 Å². The van der Waals surface area contributed by atoms with Crippen LogP contribution in [0.3, 0.4) is 0 Å². The molecule has 0 aromatic carbocycles. The van der Waals surface area contributed by atoms with Gasteiger partial charge < -0.3 is 10.2 Å². The monoisotopic (exact) mass is 252 g/mol. The van der Waals surface area contributed by atoms with Gasteiger partial charge in [0.15, 0.2) is 0 Å². The van der Waals surface area contributed by atoms with Gasteiger partial charge in [-0.15, -0.1) is 0 Å². The first-order valence-electron chi connectivity index (χ1n) is 8.16. The molecule has 1 heterocycles. The van der Waals surface area contributed by atoms with E-state index in [-0.39, 0.29) is 0 Å². The standard InChI is InChI=1S/C16H32N2/c1-4-13(2)16-12-18(10-6-9-17-16)11-15-8-5-7-14(15)3/h13-17H,4-12H2,1-3H3. The van der Waals surface area contributed by atoms with E-state index in [4.69, 9.17) is 0 Å². The zero-order chi connectivity index (χ0) is 13.0. The van der Waals surface area contributed by atoms with Crippen molar-refractivity contribution in [3.05, 3.63) is 0 Å². The molecule has 0 aromatic heterocycles. The molecule has 2 rings (SSSR count). The van der Waals surface area contributed by atoms with Gasteiger partial charge in [0.25, 0.3) is 0 Å². The Kier molecular flexibility index (Phi) is 5.50. The molecule has 1 saturated carbocycles. The fourth-order valence-corrected chi connectivity index (χ4v) is 3.68. The maximum atomic E-state index is 3.76. The topological polar surface area (TPSA) is 15.3 Å². The average molecular weight is 252 g/mol. The van der Waals surface area contributed by atoms with Crippen LogP contribution in [-0.2, 0) is 0 Å². The normalized spacial score (nSPS) is 36.5. The molecule has 2 heteroatoms. The van der Waals surface area contributed by atoms with Gasteiger partial charge in [-0.25, -0.2) is 0 Å². The van der Waals surface area contributed by atoms with E-state index in [2.05, 4.69) is 31.0 Å². The molecule has 4 atom stereocenters. The highest BCUT2D eigenvalue weighted by Crippen LogP contribution is 2.32. The van der Waals surface area contributed by atoms with Crippen molar-refractivity contribution in [2.24, 2.45) is 17.8 Å². The van der Waals surface area contributed by atoms with E-state index in [1.165, 1.54) is 58.3 Å². The Morgan fingerprint density at radius 3 is 2.78 bits per heavy atom. The van der Waals surface area contributed by atoms with Crippen molar-refractivity contribution in [2.45, 2.75) is 58.9 Å². The Morgan fingerprint density at radius 1 is 1.28 bits per heavy atom. The Balaban J connectivity index is 1.86. The van der Waals surface area contributed by atoms with Gasteiger partial charge in [0.1, 0.15) is 0 Å². The maximum absolute atomic E-state index is 3.76. The molecular formula is C16H32N2. The van der Waals surface area contributed by atoms with Crippen molar-refractivity contribution in [3.63, 3.8) is 0 Å². The summed E-state index contributed by atoms with van der Waals surface area (Å²) < 4.78 is 0. The Bertz CT molecular complexity index is 241. The van der Waals surface area contributed by atoms with Crippen LogP contribution in [0.2, 0.25) is 0 Å². The van der Waals surface area contributed by atoms with E-state index in [9.17, 15) is 0 Å². The lowest BCUT2D eigenvalue weighted by Gasteiger charge is -2.30. The molecule has 0 radical (unpaired) electrons. The molecule has 1 N–H and O–H groups in total. The molecule has 2 aliphatic rings. The summed E-state index contributed by atoms with van der Waals surface area (Å²) in [7, 11) is 0. The summed E-state index contributed by atoms with van der Waals surface area (Å²) in [5.41, 5.74) is 0. The molecule has 1 saturated heterocycles. The van der Waals surface area contributed by atoms with E-state index in [0.717, 1.165) is 17.8 Å². The lowest BCUT2D eigenvalue weighted by molar-refractivity contribution is 0.191. The fourth-order valence-electron chi connectivity index (χ4n) is 3.68. The van der Waals surface area contributed by atoms with Crippen molar-refractivity contribution >= 4 is 0 Å². The first-order chi connectivity index (χ1) is 8.70. The maximum Gasteiger partial charge on any atom is 0.0220 e. The first-order valence-corrected chi connectivity index (χ1v) is 8.16. The summed E-state index contributed by atoms with van der Waals surface area (Å²) in [6.07, 6.45) is 7.02. The Hall–Kier alpha value is -0.0800. The summed E-state index contributed by atoms with van der Waals surface area (Å²) in [4.78, 5) is 2.75. The first kappa shape index (κ1) is 14.3. The highest BCUT2D eigenvalue weighted by atomic mass is 15.2. The van der Waals surface area contributed by atoms with Crippen LogP contribution in [0.15, 0.2) is 0 Å². The predicted octanol–water partition coefficient (Wildman–Crippen LogP) is 3.13. The van der Waals surface area contributed by atoms with Gasteiger partial charge in [0, 0.05) is 19.1 Å². The zero-order valence-corrected chi connectivity index (χ0v) is 12.6. The average Bonchev–Trinajstić information content (AvgIpc) is 2.65. The van der Waals surface area contributed by atoms with E-state index in [1.807, 2.05) is 0 Å². The van der Waals surface area contributed by atoms with Gasteiger partial charge in [0.05, 0.1) is 0 Å². The third kappa shape index (κ3) is 3.71. The highest BCUT2D eigenvalue weighted by molar-refractivity contribution is 4.83. The number of hydrogen-bond donors (Lipinski definition) is 1. The summed E-state index contributed by atoms with van der Waals surface area (Å²) in [6.45, 7) is 12.3. The molecule has 18 heavy (non-hydrogen) atoms. The van der Waals surface area contributed by atoms with Crippen LogP contribution in [0, 0.1) is 17.8 Å². The second-order valence-corrected chi connectivity index (χ2v) is 6.73. The highest BCUT2D eigenvalue weighted by Gasteiger charge is 2.28. The molecule has 2 nitrogen and oxygen atoms in total. The third-order valence-corrected chi connectivity index (χ3v) is 5.38. The molecule has 1 aliphatic carbocycles. The Morgan fingerprint density at radius 2 is 2.11 bits per heavy atom. The summed E-state index contributed by atoms with van der Waals surface area (Å²) in [5, 5.41) is 3.76. The van der Waals surface area contributed by atoms with Crippen LogP contribution >= 0.6 is 0 Å². The number of rotatable bonds is 4. The van der Waals surface area contributed by atoms with Gasteiger partial charge in [-0.05, 0) is 43.7 Å². The summed E-state index contributed by atoms with van der Waals surface area (Å²) in [5.74, 6) is 2.75. The lowest BCUT2D eigenvalue weighted by atomic mass is 9.96. The van der Waals surface area contributed by atoms with E-state index in [1.54, 1.807) is 0 Å². The van der Waals surface area contributed by atoms with Gasteiger partial charge in [-0.1, -0.05) is 40.0 Å². The van der Waals surface area contributed by atoms with Crippen LogP contribution in [0.25, 0.3) is 0 Å². The molecule has 0 amide bonds. The van der Waals surface area contributed by atoms with Crippen LogP contribution in [0.4, 0.5) is 0 Å². The minimum absolute atomic E-state index is 0.717. The predicted molar refractivity (Wildman–Crippen MR) is 78.8 cm³/mol. The largest absolute Gasteiger partial charge is 0.312 e. The third-order valence-electron chi connectivity index (χ3n) is 5.38. The van der Waals surface area contributed by atoms with Crippen molar-refractivity contribution in [2.75, 3.05) is 26.2 Å². The second-order valence-electron chi connectivity index (χ2n) is 6.73. The zero-order valence-electron chi connectivity index (χ0n) is 12.6. The molecule has 1 aliphatic heterocycles. The Labute approximate surface area is 114 Å². The lowest BCUT2D eigenvalue weighted by Crippen LogP contribution is -2.43. The van der Waals surface area contributed by atoms with Gasteiger partial charge >= 0.3 is 0 Å². The smallest absolute Gasteiger partial charge is 0.0220 e. The van der Waals surface area contributed by atoms with E-state index >= 15 is 0 Å². The second kappa shape index (κ2) is 6.91. The van der Waals surface area contributed by atoms with Crippen LogP contribution in [-0.4, -0.2) is 37.1 Å². The quantitative estimate of drug-likeness (QED) is 0.827. The SMILES string of the molecule is CCC(C)C1CN(CC2CCCC2C)CCCN1. The molecule has 0 bridgehead atoms. The van der Waals surface area contributed by atoms with E-state index < -0.39 is 0 Å². The number of nitrogens with zero attached hydrogens (tertiary/aromatic N) is 1. The summed E-state index contributed by atoms with van der Waals surface area (Å²) >= 11 is 0. The van der Waals surface area contributed by atoms with Gasteiger partial charge in [-0.3, -0.25) is 0 Å². The van der Waals surface area contributed by atoms with Gasteiger partial charge in [-0.2, -0.15) is 0 Å². The van der Waals surface area contributed by atoms with Crippen molar-refractivity contribution in [1.82, 2.24) is 10.2 Å². The molecule has 0 spiro atoms. The van der Waals surface area contributed by atoms with Crippen LogP contribution in [0.5, 0.6) is 0 Å². The van der Waals surface area contributed by atoms with Gasteiger partial charge in [0.2, 0.25) is 0 Å². The van der Waals surface area contributed by atoms with Crippen molar-refractivity contribution < 1.29 is 0 Å². The molecular weight excluding hydrogens is 220 g/mol. The fraction of sp³-hybridized carbons (Fsp3) is 1.00. The number of nitrogens with one attached hydrogen (secondary N) is 1. The molecule has 4 unspecified atom stereocenters.